The Labute approximate surface area is 113 Å². The maximum atomic E-state index is 10.5. The Morgan fingerprint density at radius 3 is 2.58 bits per heavy atom. The summed E-state index contributed by atoms with van der Waals surface area (Å²) in [5.41, 5.74) is 1.06. The number of hydrogen-bond donors (Lipinski definition) is 1. The summed E-state index contributed by atoms with van der Waals surface area (Å²) in [4.78, 5) is 10.5. The van der Waals surface area contributed by atoms with Crippen molar-refractivity contribution in [2.24, 2.45) is 11.8 Å². The molecule has 0 aliphatic heterocycles. The van der Waals surface area contributed by atoms with E-state index in [9.17, 15) is 4.79 Å². The third-order valence-corrected chi connectivity index (χ3v) is 4.51. The average Bonchev–Trinajstić information content (AvgIpc) is 3.00. The van der Waals surface area contributed by atoms with E-state index in [0.29, 0.717) is 12.5 Å². The summed E-state index contributed by atoms with van der Waals surface area (Å²) in [7, 11) is 0. The van der Waals surface area contributed by atoms with Crippen LogP contribution in [0.25, 0.3) is 0 Å². The number of ether oxygens (including phenoxy) is 1. The Kier molecular flexibility index (Phi) is 3.45. The van der Waals surface area contributed by atoms with Crippen LogP contribution >= 0.6 is 0 Å². The first-order chi connectivity index (χ1) is 9.20. The average molecular weight is 260 g/mol. The van der Waals surface area contributed by atoms with E-state index in [-0.39, 0.29) is 6.42 Å². The van der Waals surface area contributed by atoms with Crippen LogP contribution in [0.3, 0.4) is 0 Å². The van der Waals surface area contributed by atoms with Crippen molar-refractivity contribution in [3.63, 3.8) is 0 Å². The highest BCUT2D eigenvalue weighted by molar-refractivity contribution is 5.67. The van der Waals surface area contributed by atoms with Gasteiger partial charge in [0.25, 0.3) is 0 Å². The van der Waals surface area contributed by atoms with Crippen molar-refractivity contribution in [1.29, 1.82) is 0 Å². The van der Waals surface area contributed by atoms with Gasteiger partial charge in [-0.1, -0.05) is 12.1 Å². The standard InChI is InChI=1S/C16H20O3/c17-16(18)8-4-11-2-6-14(7-3-11)19-15-10-12-1-5-13(15)9-12/h2-3,6-7,12-13,15H,1,4-5,8-10H2,(H,17,18). The smallest absolute Gasteiger partial charge is 0.303 e. The van der Waals surface area contributed by atoms with E-state index in [0.717, 1.165) is 23.1 Å². The van der Waals surface area contributed by atoms with Gasteiger partial charge in [-0.2, -0.15) is 0 Å². The van der Waals surface area contributed by atoms with E-state index in [1.807, 2.05) is 24.3 Å². The van der Waals surface area contributed by atoms with Gasteiger partial charge in [-0.25, -0.2) is 0 Å². The van der Waals surface area contributed by atoms with E-state index in [1.165, 1.54) is 25.7 Å². The molecule has 2 bridgehead atoms. The van der Waals surface area contributed by atoms with Gasteiger partial charge in [0.15, 0.2) is 0 Å². The zero-order valence-electron chi connectivity index (χ0n) is 11.0. The fraction of sp³-hybridized carbons (Fsp3) is 0.562. The Bertz CT molecular complexity index is 452. The molecule has 0 heterocycles. The number of carbonyl (C=O) groups is 1. The molecule has 19 heavy (non-hydrogen) atoms. The minimum atomic E-state index is -0.748. The number of rotatable bonds is 5. The lowest BCUT2D eigenvalue weighted by atomic mass is 9.98. The molecule has 2 fully saturated rings. The molecule has 0 amide bonds. The van der Waals surface area contributed by atoms with Crippen molar-refractivity contribution in [3.8, 4) is 5.75 Å². The molecule has 2 aliphatic rings. The molecular weight excluding hydrogens is 240 g/mol. The van der Waals surface area contributed by atoms with Crippen molar-refractivity contribution >= 4 is 5.97 Å². The molecule has 3 atom stereocenters. The van der Waals surface area contributed by atoms with Crippen LogP contribution in [0.2, 0.25) is 0 Å². The molecule has 3 nitrogen and oxygen atoms in total. The van der Waals surface area contributed by atoms with Crippen LogP contribution in [0.4, 0.5) is 0 Å². The van der Waals surface area contributed by atoms with Crippen LogP contribution in [-0.2, 0) is 11.2 Å². The van der Waals surface area contributed by atoms with Gasteiger partial charge in [-0.05, 0) is 61.6 Å². The molecule has 3 heteroatoms. The van der Waals surface area contributed by atoms with Gasteiger partial charge in [0, 0.05) is 6.42 Å². The van der Waals surface area contributed by atoms with Crippen molar-refractivity contribution in [2.75, 3.05) is 0 Å². The number of aryl methyl sites for hydroxylation is 1. The lowest BCUT2D eigenvalue weighted by Gasteiger charge is -2.23. The number of carboxylic acids is 1. The quantitative estimate of drug-likeness (QED) is 0.883. The summed E-state index contributed by atoms with van der Waals surface area (Å²) in [6.07, 6.45) is 6.46. The maximum absolute atomic E-state index is 10.5. The fourth-order valence-electron chi connectivity index (χ4n) is 3.49. The van der Waals surface area contributed by atoms with Gasteiger partial charge in [-0.15, -0.1) is 0 Å². The van der Waals surface area contributed by atoms with E-state index < -0.39 is 5.97 Å². The minimum Gasteiger partial charge on any atom is -0.490 e. The van der Waals surface area contributed by atoms with Gasteiger partial charge < -0.3 is 9.84 Å². The van der Waals surface area contributed by atoms with Crippen molar-refractivity contribution in [1.82, 2.24) is 0 Å². The first kappa shape index (κ1) is 12.5. The molecule has 3 rings (SSSR count). The largest absolute Gasteiger partial charge is 0.490 e. The lowest BCUT2D eigenvalue weighted by Crippen LogP contribution is -2.23. The summed E-state index contributed by atoms with van der Waals surface area (Å²) in [6, 6.07) is 7.91. The zero-order chi connectivity index (χ0) is 13.2. The van der Waals surface area contributed by atoms with E-state index in [4.69, 9.17) is 9.84 Å². The van der Waals surface area contributed by atoms with E-state index >= 15 is 0 Å². The molecule has 0 saturated heterocycles. The first-order valence-electron chi connectivity index (χ1n) is 7.18. The van der Waals surface area contributed by atoms with Crippen LogP contribution in [-0.4, -0.2) is 17.2 Å². The fourth-order valence-corrected chi connectivity index (χ4v) is 3.49. The van der Waals surface area contributed by atoms with Gasteiger partial charge in [0.1, 0.15) is 11.9 Å². The lowest BCUT2D eigenvalue weighted by molar-refractivity contribution is -0.136. The van der Waals surface area contributed by atoms with Gasteiger partial charge in [0.2, 0.25) is 0 Å². The maximum Gasteiger partial charge on any atom is 0.303 e. The third kappa shape index (κ3) is 2.91. The van der Waals surface area contributed by atoms with Gasteiger partial charge in [0.05, 0.1) is 0 Å². The summed E-state index contributed by atoms with van der Waals surface area (Å²) in [5.74, 6) is 1.83. The molecule has 1 aromatic carbocycles. The SMILES string of the molecule is O=C(O)CCc1ccc(OC2CC3CCC2C3)cc1. The molecule has 1 aromatic rings. The zero-order valence-corrected chi connectivity index (χ0v) is 11.0. The topological polar surface area (TPSA) is 46.5 Å². The minimum absolute atomic E-state index is 0.187. The van der Waals surface area contributed by atoms with Crippen LogP contribution in [0, 0.1) is 11.8 Å². The van der Waals surface area contributed by atoms with Gasteiger partial charge >= 0.3 is 5.97 Å². The molecule has 3 unspecified atom stereocenters. The second-order valence-corrected chi connectivity index (χ2v) is 5.87. The summed E-state index contributed by atoms with van der Waals surface area (Å²) in [6.45, 7) is 0. The molecular formula is C16H20O3. The third-order valence-electron chi connectivity index (χ3n) is 4.51. The number of fused-ring (bicyclic) bond motifs is 2. The van der Waals surface area contributed by atoms with E-state index in [2.05, 4.69) is 0 Å². The number of aliphatic carboxylic acids is 1. The van der Waals surface area contributed by atoms with Crippen LogP contribution in [0.15, 0.2) is 24.3 Å². The number of hydrogen-bond acceptors (Lipinski definition) is 2. The molecule has 2 saturated carbocycles. The highest BCUT2D eigenvalue weighted by Crippen LogP contribution is 2.45. The highest BCUT2D eigenvalue weighted by atomic mass is 16.5. The summed E-state index contributed by atoms with van der Waals surface area (Å²) >= 11 is 0. The summed E-state index contributed by atoms with van der Waals surface area (Å²) < 4.78 is 6.07. The Morgan fingerprint density at radius 2 is 2.00 bits per heavy atom. The first-order valence-corrected chi connectivity index (χ1v) is 7.18. The van der Waals surface area contributed by atoms with Crippen molar-refractivity contribution in [2.45, 2.75) is 44.6 Å². The van der Waals surface area contributed by atoms with Crippen molar-refractivity contribution in [3.05, 3.63) is 29.8 Å². The second-order valence-electron chi connectivity index (χ2n) is 5.87. The predicted molar refractivity (Wildman–Crippen MR) is 72.3 cm³/mol. The predicted octanol–water partition coefficient (Wildman–Crippen LogP) is 3.27. The normalized spacial score (nSPS) is 28.5. The molecule has 2 aliphatic carbocycles. The Balaban J connectivity index is 1.55. The molecule has 0 spiro atoms. The Morgan fingerprint density at radius 1 is 1.21 bits per heavy atom. The molecule has 102 valence electrons. The Hall–Kier alpha value is -1.51. The number of benzene rings is 1. The summed E-state index contributed by atoms with van der Waals surface area (Å²) in [5, 5.41) is 8.65. The molecule has 0 radical (unpaired) electrons. The van der Waals surface area contributed by atoms with Crippen LogP contribution < -0.4 is 4.74 Å². The number of carboxylic acid groups (broad SMARTS) is 1. The highest BCUT2D eigenvalue weighted by Gasteiger charge is 2.40. The second kappa shape index (κ2) is 5.24. The van der Waals surface area contributed by atoms with Crippen molar-refractivity contribution < 1.29 is 14.6 Å². The van der Waals surface area contributed by atoms with Gasteiger partial charge in [-0.3, -0.25) is 4.79 Å². The monoisotopic (exact) mass is 260 g/mol. The van der Waals surface area contributed by atoms with Crippen LogP contribution in [0.5, 0.6) is 5.75 Å². The van der Waals surface area contributed by atoms with Crippen LogP contribution in [0.1, 0.15) is 37.7 Å². The molecule has 0 aromatic heterocycles. The van der Waals surface area contributed by atoms with E-state index in [1.54, 1.807) is 0 Å². The molecule has 1 N–H and O–H groups in total.